The lowest BCUT2D eigenvalue weighted by atomic mass is 10.1. The largest absolute Gasteiger partial charge is 0.489 e. The molecule has 3 aromatic rings. The van der Waals surface area contributed by atoms with E-state index < -0.39 is 11.7 Å². The first-order valence-corrected chi connectivity index (χ1v) is 12.2. The number of aromatic nitrogens is 1. The molecule has 188 valence electrons. The number of benzene rings is 2. The smallest absolute Gasteiger partial charge is 0.416 e. The number of carbonyl (C=O) groups is 1. The summed E-state index contributed by atoms with van der Waals surface area (Å²) in [5.74, 6) is 0.0715. The minimum absolute atomic E-state index is 0.169. The number of halogens is 5. The molecule has 4 rings (SSSR count). The van der Waals surface area contributed by atoms with Crippen LogP contribution in [0, 0.1) is 12.8 Å². The van der Waals surface area contributed by atoms with E-state index in [-0.39, 0.29) is 18.0 Å². The van der Waals surface area contributed by atoms with Gasteiger partial charge in [-0.2, -0.15) is 13.2 Å². The highest BCUT2D eigenvalue weighted by Crippen LogP contribution is 2.39. The van der Waals surface area contributed by atoms with Gasteiger partial charge in [0.1, 0.15) is 5.75 Å². The number of esters is 1. The highest BCUT2D eigenvalue weighted by molar-refractivity contribution is 6.37. The number of hydrogen-bond donors (Lipinski definition) is 0. The predicted molar refractivity (Wildman–Crippen MR) is 130 cm³/mol. The van der Waals surface area contributed by atoms with Crippen LogP contribution in [0.3, 0.4) is 0 Å². The average molecular weight is 528 g/mol. The van der Waals surface area contributed by atoms with Crippen LogP contribution in [-0.2, 0) is 29.2 Å². The van der Waals surface area contributed by atoms with E-state index in [4.69, 9.17) is 32.7 Å². The fourth-order valence-corrected chi connectivity index (χ4v) is 5.26. The van der Waals surface area contributed by atoms with Crippen molar-refractivity contribution >= 4 is 40.1 Å². The molecule has 0 aliphatic heterocycles. The van der Waals surface area contributed by atoms with Crippen molar-refractivity contribution in [1.29, 1.82) is 0 Å². The number of hydrogen-bond acceptors (Lipinski definition) is 3. The first-order chi connectivity index (χ1) is 16.5. The van der Waals surface area contributed by atoms with E-state index in [1.165, 1.54) is 0 Å². The van der Waals surface area contributed by atoms with Crippen LogP contribution in [0.4, 0.5) is 13.2 Å². The summed E-state index contributed by atoms with van der Waals surface area (Å²) < 4.78 is 52.9. The second kappa shape index (κ2) is 9.94. The number of rotatable bonds is 6. The highest BCUT2D eigenvalue weighted by Gasteiger charge is 2.33. The van der Waals surface area contributed by atoms with Crippen molar-refractivity contribution in [3.8, 4) is 5.75 Å². The van der Waals surface area contributed by atoms with E-state index in [9.17, 15) is 18.0 Å². The molecule has 2 atom stereocenters. The topological polar surface area (TPSA) is 40.5 Å². The van der Waals surface area contributed by atoms with Crippen molar-refractivity contribution in [1.82, 2.24) is 4.57 Å². The zero-order chi connectivity index (χ0) is 25.5. The number of alkyl halides is 3. The molecule has 0 spiro atoms. The molecule has 0 radical (unpaired) electrons. The van der Waals surface area contributed by atoms with Crippen LogP contribution in [0.1, 0.15) is 48.6 Å². The van der Waals surface area contributed by atoms with E-state index in [2.05, 4.69) is 0 Å². The van der Waals surface area contributed by atoms with Gasteiger partial charge in [-0.15, -0.1) is 0 Å². The van der Waals surface area contributed by atoms with Gasteiger partial charge in [0, 0.05) is 35.1 Å². The Morgan fingerprint density at radius 1 is 1.17 bits per heavy atom. The summed E-state index contributed by atoms with van der Waals surface area (Å²) in [4.78, 5) is 12.0. The lowest BCUT2D eigenvalue weighted by Crippen LogP contribution is -2.18. The Hall–Kier alpha value is -2.38. The van der Waals surface area contributed by atoms with Gasteiger partial charge in [0.25, 0.3) is 0 Å². The molecule has 1 saturated carbocycles. The normalized spacial score (nSPS) is 18.3. The van der Waals surface area contributed by atoms with Crippen molar-refractivity contribution in [3.63, 3.8) is 0 Å². The van der Waals surface area contributed by atoms with E-state index in [1.807, 2.05) is 6.07 Å². The fourth-order valence-electron chi connectivity index (χ4n) is 4.71. The first-order valence-electron chi connectivity index (χ1n) is 11.5. The zero-order valence-electron chi connectivity index (χ0n) is 19.6. The maximum absolute atomic E-state index is 13.3. The number of fused-ring (bicyclic) bond motifs is 1. The highest BCUT2D eigenvalue weighted by atomic mass is 35.5. The SMILES string of the molecule is CCOC(=O)C1CC[C@H](Oc2ccc(Cl)c(Cc3cc4c(C)cc(C(F)(F)F)cc4n3C)c2Cl)C1. The lowest BCUT2D eigenvalue weighted by molar-refractivity contribution is -0.148. The van der Waals surface area contributed by atoms with Gasteiger partial charge in [-0.05, 0) is 74.6 Å². The third-order valence-corrected chi connectivity index (χ3v) is 7.37. The Morgan fingerprint density at radius 3 is 2.60 bits per heavy atom. The van der Waals surface area contributed by atoms with E-state index in [1.54, 1.807) is 37.6 Å². The second-order valence-electron chi connectivity index (χ2n) is 8.94. The van der Waals surface area contributed by atoms with Crippen LogP contribution in [0.5, 0.6) is 5.75 Å². The molecule has 1 aliphatic rings. The molecule has 4 nitrogen and oxygen atoms in total. The Labute approximate surface area is 211 Å². The van der Waals surface area contributed by atoms with Gasteiger partial charge in [-0.1, -0.05) is 23.2 Å². The maximum atomic E-state index is 13.3. The summed E-state index contributed by atoms with van der Waals surface area (Å²) in [6, 6.07) is 7.59. The first kappa shape index (κ1) is 25.7. The quantitative estimate of drug-likeness (QED) is 0.311. The van der Waals surface area contributed by atoms with Crippen LogP contribution in [0.2, 0.25) is 10.0 Å². The summed E-state index contributed by atoms with van der Waals surface area (Å²) in [6.07, 6.45) is -2.32. The molecule has 0 N–H and O–H groups in total. The standard InChI is InChI=1S/C26H26Cl2F3NO3/c1-4-34-25(33)15-5-6-18(10-15)35-23-8-7-21(27)20(24(23)28)13-17-12-19-14(2)9-16(26(29,30)31)11-22(19)32(17)3/h7-9,11-12,15,18H,4-6,10,13H2,1-3H3/t15?,18-/m0/s1. The van der Waals surface area contributed by atoms with Crippen molar-refractivity contribution in [2.24, 2.45) is 13.0 Å². The molecule has 2 aromatic carbocycles. The summed E-state index contributed by atoms with van der Waals surface area (Å²) in [6.45, 7) is 3.79. The summed E-state index contributed by atoms with van der Waals surface area (Å²) >= 11 is 13.2. The van der Waals surface area contributed by atoms with Crippen LogP contribution in [0.25, 0.3) is 10.9 Å². The molecule has 1 aliphatic carbocycles. The van der Waals surface area contributed by atoms with Crippen molar-refractivity contribution in [3.05, 3.63) is 62.8 Å². The number of nitrogens with zero attached hydrogens (tertiary/aromatic N) is 1. The predicted octanol–water partition coefficient (Wildman–Crippen LogP) is 7.51. The van der Waals surface area contributed by atoms with Gasteiger partial charge in [0.15, 0.2) is 0 Å². The molecule has 1 fully saturated rings. The minimum Gasteiger partial charge on any atom is -0.489 e. The minimum atomic E-state index is -4.42. The maximum Gasteiger partial charge on any atom is 0.416 e. The van der Waals surface area contributed by atoms with Crippen molar-refractivity contribution < 1.29 is 27.4 Å². The molecular weight excluding hydrogens is 502 g/mol. The Morgan fingerprint density at radius 2 is 1.91 bits per heavy atom. The monoisotopic (exact) mass is 527 g/mol. The summed E-state index contributed by atoms with van der Waals surface area (Å²) in [7, 11) is 1.73. The number of carbonyl (C=O) groups excluding carboxylic acids is 1. The van der Waals surface area contributed by atoms with Crippen LogP contribution < -0.4 is 4.74 Å². The van der Waals surface area contributed by atoms with Crippen LogP contribution in [-0.4, -0.2) is 23.2 Å². The molecule has 0 bridgehead atoms. The van der Waals surface area contributed by atoms with E-state index >= 15 is 0 Å². The molecule has 35 heavy (non-hydrogen) atoms. The van der Waals surface area contributed by atoms with Gasteiger partial charge in [-0.25, -0.2) is 0 Å². The van der Waals surface area contributed by atoms with Gasteiger partial charge in [0.2, 0.25) is 0 Å². The molecule has 1 aromatic heterocycles. The molecular formula is C26H26Cl2F3NO3. The van der Waals surface area contributed by atoms with Gasteiger partial charge >= 0.3 is 12.1 Å². The third kappa shape index (κ3) is 5.26. The Kier molecular flexibility index (Phi) is 7.30. The average Bonchev–Trinajstić information content (AvgIpc) is 3.38. The zero-order valence-corrected chi connectivity index (χ0v) is 21.2. The van der Waals surface area contributed by atoms with Gasteiger partial charge < -0.3 is 14.0 Å². The Balaban J connectivity index is 1.60. The van der Waals surface area contributed by atoms with Crippen molar-refractivity contribution in [2.75, 3.05) is 6.61 Å². The van der Waals surface area contributed by atoms with Crippen molar-refractivity contribution in [2.45, 2.75) is 51.8 Å². The van der Waals surface area contributed by atoms with Crippen LogP contribution in [0.15, 0.2) is 30.3 Å². The summed E-state index contributed by atoms with van der Waals surface area (Å²) in [5.41, 5.74) is 1.75. The molecule has 1 unspecified atom stereocenters. The van der Waals surface area contributed by atoms with E-state index in [0.717, 1.165) is 23.2 Å². The molecule has 0 saturated heterocycles. The number of aryl methyl sites for hydroxylation is 2. The molecule has 0 amide bonds. The van der Waals surface area contributed by atoms with Crippen LogP contribution >= 0.6 is 23.2 Å². The van der Waals surface area contributed by atoms with Gasteiger partial charge in [0.05, 0.1) is 29.2 Å². The Bertz CT molecular complexity index is 1270. The number of ether oxygens (including phenoxy) is 2. The van der Waals surface area contributed by atoms with E-state index in [0.29, 0.717) is 64.7 Å². The second-order valence-corrected chi connectivity index (χ2v) is 9.72. The third-order valence-electron chi connectivity index (χ3n) is 6.60. The molecule has 1 heterocycles. The van der Waals surface area contributed by atoms with Gasteiger partial charge in [-0.3, -0.25) is 4.79 Å². The molecule has 9 heteroatoms. The summed E-state index contributed by atoms with van der Waals surface area (Å²) in [5, 5.41) is 1.54. The lowest BCUT2D eigenvalue weighted by Gasteiger charge is -2.18. The fraction of sp³-hybridized carbons (Fsp3) is 0.423.